The molecule has 1 amide bonds. The zero-order chi connectivity index (χ0) is 18.5. The van der Waals surface area contributed by atoms with E-state index in [9.17, 15) is 4.79 Å². The van der Waals surface area contributed by atoms with Crippen molar-refractivity contribution in [3.63, 3.8) is 0 Å². The molecule has 1 aromatic carbocycles. The minimum Gasteiger partial charge on any atom is -0.330 e. The van der Waals surface area contributed by atoms with E-state index >= 15 is 0 Å². The van der Waals surface area contributed by atoms with E-state index in [-0.39, 0.29) is 5.91 Å². The summed E-state index contributed by atoms with van der Waals surface area (Å²) in [5, 5.41) is 8.10. The summed E-state index contributed by atoms with van der Waals surface area (Å²) in [5.41, 5.74) is 1.77. The van der Waals surface area contributed by atoms with Gasteiger partial charge in [0, 0.05) is 25.3 Å². The van der Waals surface area contributed by atoms with Crippen molar-refractivity contribution in [3.05, 3.63) is 53.9 Å². The Hall–Kier alpha value is -2.14. The molecule has 1 unspecified atom stereocenters. The van der Waals surface area contributed by atoms with Gasteiger partial charge in [-0.2, -0.15) is 5.10 Å². The molecule has 1 N–H and O–H groups in total. The predicted octanol–water partition coefficient (Wildman–Crippen LogP) is 3.78. The van der Waals surface area contributed by atoms with Crippen molar-refractivity contribution in [2.75, 3.05) is 13.1 Å². The van der Waals surface area contributed by atoms with Gasteiger partial charge in [-0.25, -0.2) is 0 Å². The Labute approximate surface area is 161 Å². The van der Waals surface area contributed by atoms with Gasteiger partial charge in [0.15, 0.2) is 0 Å². The number of amides is 1. The van der Waals surface area contributed by atoms with Crippen LogP contribution in [-0.4, -0.2) is 39.7 Å². The van der Waals surface area contributed by atoms with E-state index in [0.717, 1.165) is 38.8 Å². The monoisotopic (exact) mass is 366 g/mol. The molecule has 0 radical (unpaired) electrons. The van der Waals surface area contributed by atoms with E-state index in [1.54, 1.807) is 0 Å². The zero-order valence-corrected chi connectivity index (χ0v) is 16.0. The van der Waals surface area contributed by atoms with Crippen molar-refractivity contribution in [3.8, 4) is 0 Å². The van der Waals surface area contributed by atoms with Crippen LogP contribution in [0.4, 0.5) is 0 Å². The third kappa shape index (κ3) is 4.41. The number of rotatable bonds is 5. The Kier molecular flexibility index (Phi) is 5.87. The maximum Gasteiger partial charge on any atom is 0.274 e. The van der Waals surface area contributed by atoms with Gasteiger partial charge in [-0.1, -0.05) is 49.6 Å². The summed E-state index contributed by atoms with van der Waals surface area (Å²) in [6.07, 6.45) is 10.2. The van der Waals surface area contributed by atoms with Gasteiger partial charge >= 0.3 is 0 Å². The highest BCUT2D eigenvalue weighted by Crippen LogP contribution is 2.26. The number of nitrogens with zero attached hydrogens (tertiary/aromatic N) is 3. The molecule has 2 aromatic rings. The maximum atomic E-state index is 13.4. The molecule has 0 bridgehead atoms. The van der Waals surface area contributed by atoms with Gasteiger partial charge < -0.3 is 10.2 Å². The highest BCUT2D eigenvalue weighted by molar-refractivity contribution is 5.92. The van der Waals surface area contributed by atoms with E-state index in [1.165, 1.54) is 24.8 Å². The van der Waals surface area contributed by atoms with Crippen molar-refractivity contribution in [1.29, 1.82) is 0 Å². The molecular weight excluding hydrogens is 336 g/mol. The van der Waals surface area contributed by atoms with Crippen LogP contribution in [0, 0.1) is 0 Å². The van der Waals surface area contributed by atoms with Crippen molar-refractivity contribution in [2.45, 2.75) is 63.6 Å². The molecule has 27 heavy (non-hydrogen) atoms. The molecule has 1 saturated carbocycles. The van der Waals surface area contributed by atoms with Gasteiger partial charge in [0.2, 0.25) is 0 Å². The minimum absolute atomic E-state index is 0.0771. The van der Waals surface area contributed by atoms with Crippen molar-refractivity contribution >= 4 is 5.91 Å². The van der Waals surface area contributed by atoms with Gasteiger partial charge in [-0.15, -0.1) is 0 Å². The summed E-state index contributed by atoms with van der Waals surface area (Å²) >= 11 is 0. The first-order valence-electron chi connectivity index (χ1n) is 10.4. The Balaban J connectivity index is 1.53. The molecule has 2 fully saturated rings. The zero-order valence-electron chi connectivity index (χ0n) is 16.0. The van der Waals surface area contributed by atoms with Crippen LogP contribution in [0.3, 0.4) is 0 Å². The van der Waals surface area contributed by atoms with Crippen LogP contribution in [0.25, 0.3) is 0 Å². The summed E-state index contributed by atoms with van der Waals surface area (Å²) < 4.78 is 1.99. The summed E-state index contributed by atoms with van der Waals surface area (Å²) in [5.74, 6) is 0.0771. The van der Waals surface area contributed by atoms with Crippen LogP contribution < -0.4 is 5.32 Å². The van der Waals surface area contributed by atoms with Gasteiger partial charge in [0.25, 0.3) is 5.91 Å². The average molecular weight is 367 g/mol. The number of piperidine rings is 1. The molecule has 1 aliphatic carbocycles. The van der Waals surface area contributed by atoms with Crippen molar-refractivity contribution < 1.29 is 4.79 Å². The molecule has 1 aliphatic heterocycles. The molecule has 4 rings (SSSR count). The third-order valence-corrected chi connectivity index (χ3v) is 5.94. The fourth-order valence-electron chi connectivity index (χ4n) is 4.40. The number of carbonyl (C=O) groups excluding carboxylic acids is 1. The molecule has 2 aliphatic rings. The molecule has 144 valence electrons. The van der Waals surface area contributed by atoms with Crippen LogP contribution in [-0.2, 0) is 6.54 Å². The minimum atomic E-state index is 0.0771. The maximum absolute atomic E-state index is 13.4. The van der Waals surface area contributed by atoms with Crippen molar-refractivity contribution in [2.24, 2.45) is 0 Å². The lowest BCUT2D eigenvalue weighted by atomic mass is 9.93. The molecule has 1 atom stereocenters. The summed E-state index contributed by atoms with van der Waals surface area (Å²) in [6, 6.07) is 12.9. The smallest absolute Gasteiger partial charge is 0.274 e. The largest absolute Gasteiger partial charge is 0.330 e. The summed E-state index contributed by atoms with van der Waals surface area (Å²) in [7, 11) is 0. The van der Waals surface area contributed by atoms with Gasteiger partial charge in [-0.05, 0) is 43.9 Å². The average Bonchev–Trinajstić information content (AvgIpc) is 3.24. The highest BCUT2D eigenvalue weighted by Gasteiger charge is 2.28. The first-order valence-corrected chi connectivity index (χ1v) is 10.4. The number of benzene rings is 1. The van der Waals surface area contributed by atoms with Crippen LogP contribution in [0.5, 0.6) is 0 Å². The number of aromatic nitrogens is 2. The fourth-order valence-corrected chi connectivity index (χ4v) is 4.40. The lowest BCUT2D eigenvalue weighted by Gasteiger charge is -2.34. The van der Waals surface area contributed by atoms with Crippen LogP contribution in [0.1, 0.15) is 67.0 Å². The molecule has 2 heterocycles. The second-order valence-corrected chi connectivity index (χ2v) is 7.89. The number of carbonyl (C=O) groups is 1. The lowest BCUT2D eigenvalue weighted by molar-refractivity contribution is 0.0606. The lowest BCUT2D eigenvalue weighted by Crippen LogP contribution is -2.41. The molecule has 5 nitrogen and oxygen atoms in total. The second-order valence-electron chi connectivity index (χ2n) is 7.89. The van der Waals surface area contributed by atoms with Gasteiger partial charge in [-0.3, -0.25) is 9.48 Å². The normalized spacial score (nSPS) is 21.1. The molecular formula is C22H30N4O. The molecule has 0 spiro atoms. The molecule has 5 heteroatoms. The Morgan fingerprint density at radius 2 is 1.89 bits per heavy atom. The second kappa shape index (κ2) is 8.70. The summed E-state index contributed by atoms with van der Waals surface area (Å²) in [4.78, 5) is 15.4. The third-order valence-electron chi connectivity index (χ3n) is 5.94. The van der Waals surface area contributed by atoms with Gasteiger partial charge in [0.05, 0.1) is 6.04 Å². The van der Waals surface area contributed by atoms with E-state index in [4.69, 9.17) is 0 Å². The van der Waals surface area contributed by atoms with E-state index < -0.39 is 0 Å². The van der Waals surface area contributed by atoms with E-state index in [1.807, 2.05) is 35.1 Å². The summed E-state index contributed by atoms with van der Waals surface area (Å²) in [6.45, 7) is 2.68. The van der Waals surface area contributed by atoms with Gasteiger partial charge in [0.1, 0.15) is 5.69 Å². The molecule has 1 aromatic heterocycles. The van der Waals surface area contributed by atoms with Crippen LogP contribution in [0.2, 0.25) is 0 Å². The van der Waals surface area contributed by atoms with Crippen LogP contribution >= 0.6 is 0 Å². The standard InChI is InChI=1S/C22H30N4O/c27-22(21-13-15-26(24-21)20-12-7-14-23-16-20)25(19-10-5-2-6-11-19)17-18-8-3-1-4-9-18/h1,3-4,8-9,13,15,19-20,23H,2,5-7,10-12,14,16-17H2. The molecule has 1 saturated heterocycles. The first-order chi connectivity index (χ1) is 13.3. The topological polar surface area (TPSA) is 50.2 Å². The Bertz CT molecular complexity index is 730. The predicted molar refractivity (Wildman–Crippen MR) is 107 cm³/mol. The van der Waals surface area contributed by atoms with E-state index in [0.29, 0.717) is 24.3 Å². The first kappa shape index (κ1) is 18.2. The Morgan fingerprint density at radius 1 is 1.07 bits per heavy atom. The number of hydrogen-bond acceptors (Lipinski definition) is 3. The SMILES string of the molecule is O=C(c1ccn(C2CCCNC2)n1)N(Cc1ccccc1)C1CCCCC1. The number of hydrogen-bond donors (Lipinski definition) is 1. The number of nitrogens with one attached hydrogen (secondary N) is 1. The van der Waals surface area contributed by atoms with E-state index in [2.05, 4.69) is 27.4 Å². The van der Waals surface area contributed by atoms with Crippen LogP contribution in [0.15, 0.2) is 42.6 Å². The Morgan fingerprint density at radius 3 is 2.63 bits per heavy atom. The quantitative estimate of drug-likeness (QED) is 0.876. The van der Waals surface area contributed by atoms with Crippen molar-refractivity contribution in [1.82, 2.24) is 20.0 Å². The fraction of sp³-hybridized carbons (Fsp3) is 0.545. The highest BCUT2D eigenvalue weighted by atomic mass is 16.2.